The molecule has 6 heteroatoms. The third kappa shape index (κ3) is 25.1. The van der Waals surface area contributed by atoms with Gasteiger partial charge in [0.05, 0.1) is 0 Å². The van der Waals surface area contributed by atoms with Gasteiger partial charge in [0.25, 0.3) is 0 Å². The SMILES string of the molecule is [AlH3].[AlH3].[AlH3].[AlH3].[AlH3].[Y]. The van der Waals surface area contributed by atoms with Crippen LogP contribution in [0.3, 0.4) is 0 Å². The van der Waals surface area contributed by atoms with Crippen molar-refractivity contribution in [3.05, 3.63) is 0 Å². The molecule has 33 valence electrons. The predicted octanol–water partition coefficient (Wildman–Crippen LogP) is -5.92. The summed E-state index contributed by atoms with van der Waals surface area (Å²) in [6.45, 7) is 0. The topological polar surface area (TPSA) is 0 Å². The maximum atomic E-state index is 0. The summed E-state index contributed by atoms with van der Waals surface area (Å²) >= 11 is 0. The Morgan fingerprint density at radius 1 is 0.333 bits per heavy atom. The van der Waals surface area contributed by atoms with E-state index in [0.29, 0.717) is 0 Å². The molecule has 0 nitrogen and oxygen atoms in total. The Kier molecular flexibility index (Phi) is 329. The van der Waals surface area contributed by atoms with Crippen molar-refractivity contribution in [3.8, 4) is 0 Å². The second-order valence-electron chi connectivity index (χ2n) is 0. The van der Waals surface area contributed by atoms with Crippen LogP contribution in [0, 0.1) is 0 Å². The van der Waals surface area contributed by atoms with E-state index in [0.717, 1.165) is 0 Å². The van der Waals surface area contributed by atoms with Crippen molar-refractivity contribution in [1.29, 1.82) is 0 Å². The fourth-order valence-electron chi connectivity index (χ4n) is 0. The van der Waals surface area contributed by atoms with Crippen LogP contribution in [0.5, 0.6) is 0 Å². The first-order chi connectivity index (χ1) is 0. The van der Waals surface area contributed by atoms with E-state index in [9.17, 15) is 0 Å². The van der Waals surface area contributed by atoms with Crippen LogP contribution >= 0.6 is 0 Å². The monoisotopic (exact) mass is 239 g/mol. The van der Waals surface area contributed by atoms with Crippen molar-refractivity contribution in [1.82, 2.24) is 0 Å². The average molecular weight is 239 g/mol. The Bertz CT molecular complexity index is 3.90. The fourth-order valence-corrected chi connectivity index (χ4v) is 0. The zero-order valence-electron chi connectivity index (χ0n) is 0.577. The fraction of sp³-hybridized carbons (Fsp3) is 0. The van der Waals surface area contributed by atoms with Gasteiger partial charge in [-0.3, -0.25) is 0 Å². The van der Waals surface area contributed by atoms with E-state index < -0.39 is 0 Å². The molecule has 0 aromatic rings. The van der Waals surface area contributed by atoms with E-state index in [1.54, 1.807) is 0 Å². The van der Waals surface area contributed by atoms with Crippen LogP contribution in [-0.2, 0) is 32.7 Å². The summed E-state index contributed by atoms with van der Waals surface area (Å²) in [5.74, 6) is 0. The van der Waals surface area contributed by atoms with Gasteiger partial charge in [0.1, 0.15) is 0 Å². The molecule has 0 saturated carbocycles. The normalized spacial score (nSPS) is 0. The quantitative estimate of drug-likeness (QED) is 0.369. The van der Waals surface area contributed by atoms with E-state index in [4.69, 9.17) is 0 Å². The Morgan fingerprint density at radius 3 is 0.333 bits per heavy atom. The van der Waals surface area contributed by atoms with Crippen molar-refractivity contribution in [2.24, 2.45) is 0 Å². The summed E-state index contributed by atoms with van der Waals surface area (Å²) in [4.78, 5) is 0. The molecule has 0 atom stereocenters. The van der Waals surface area contributed by atoms with Crippen molar-refractivity contribution < 1.29 is 32.7 Å². The second-order valence-corrected chi connectivity index (χ2v) is 0. The minimum absolute atomic E-state index is 0. The van der Waals surface area contributed by atoms with E-state index in [2.05, 4.69) is 0 Å². The average Bonchev–Trinajstić information content (AvgIpc) is 0. The van der Waals surface area contributed by atoms with Crippen LogP contribution in [0.2, 0.25) is 0 Å². The summed E-state index contributed by atoms with van der Waals surface area (Å²) in [5.41, 5.74) is 0. The molecule has 6 heavy (non-hydrogen) atoms. The van der Waals surface area contributed by atoms with E-state index in [-0.39, 0.29) is 120 Å². The Hall–Kier alpha value is 3.77. The zero-order chi connectivity index (χ0) is 0. The van der Waals surface area contributed by atoms with Crippen molar-refractivity contribution in [2.45, 2.75) is 0 Å². The van der Waals surface area contributed by atoms with E-state index >= 15 is 0 Å². The molecule has 0 aliphatic rings. The van der Waals surface area contributed by atoms with Gasteiger partial charge < -0.3 is 0 Å². The minimum atomic E-state index is 0. The molecule has 0 bridgehead atoms. The number of hydrogen-bond donors (Lipinski definition) is 0. The molecule has 0 N–H and O–H groups in total. The van der Waals surface area contributed by atoms with Crippen LogP contribution in [0.4, 0.5) is 0 Å². The van der Waals surface area contributed by atoms with Crippen LogP contribution in [-0.4, -0.2) is 86.8 Å². The molecule has 0 unspecified atom stereocenters. The van der Waals surface area contributed by atoms with Gasteiger partial charge in [-0.15, -0.1) is 0 Å². The molecule has 0 amide bonds. The molecular weight excluding hydrogens is 224 g/mol. The molecule has 1 radical (unpaired) electrons. The predicted molar refractivity (Wildman–Crippen MR) is 49.7 cm³/mol. The van der Waals surface area contributed by atoms with Gasteiger partial charge in [0.2, 0.25) is 0 Å². The maximum Gasteiger partial charge on any atom is 0.187 e. The zero-order valence-corrected chi connectivity index (χ0v) is 3.42. The van der Waals surface area contributed by atoms with Crippen LogP contribution < -0.4 is 0 Å². The summed E-state index contributed by atoms with van der Waals surface area (Å²) < 4.78 is 0. The summed E-state index contributed by atoms with van der Waals surface area (Å²) in [7, 11) is 0. The first-order valence-electron chi connectivity index (χ1n) is 0. The van der Waals surface area contributed by atoms with Gasteiger partial charge in [0, 0.05) is 32.7 Å². The molecule has 0 fully saturated rings. The van der Waals surface area contributed by atoms with Crippen LogP contribution in [0.25, 0.3) is 0 Å². The van der Waals surface area contributed by atoms with Crippen LogP contribution in [0.15, 0.2) is 0 Å². The minimum Gasteiger partial charge on any atom is 0 e. The molecular formula is H15Al5Y. The standard InChI is InChI=1S/5Al.Y.15H. The summed E-state index contributed by atoms with van der Waals surface area (Å²) in [5, 5.41) is 0. The first-order valence-corrected chi connectivity index (χ1v) is 0. The molecule has 0 aromatic carbocycles. The molecule has 0 saturated heterocycles. The molecule has 0 heterocycles. The molecule has 0 rings (SSSR count). The van der Waals surface area contributed by atoms with Crippen molar-refractivity contribution in [2.75, 3.05) is 0 Å². The molecule has 0 aliphatic heterocycles. The second kappa shape index (κ2) is 37.3. The largest absolute Gasteiger partial charge is 0.187 e. The van der Waals surface area contributed by atoms with Gasteiger partial charge in [-0.2, -0.15) is 0 Å². The van der Waals surface area contributed by atoms with Gasteiger partial charge in [-0.25, -0.2) is 0 Å². The van der Waals surface area contributed by atoms with Crippen LogP contribution in [0.1, 0.15) is 0 Å². The third-order valence-corrected chi connectivity index (χ3v) is 0. The smallest absolute Gasteiger partial charge is 0 e. The summed E-state index contributed by atoms with van der Waals surface area (Å²) in [6.07, 6.45) is 0. The van der Waals surface area contributed by atoms with Crippen molar-refractivity contribution >= 4 is 86.8 Å². The van der Waals surface area contributed by atoms with Gasteiger partial charge >= 0.3 is 0 Å². The Morgan fingerprint density at radius 2 is 0.333 bits per heavy atom. The Balaban J connectivity index is 0. The number of hydrogen-bond acceptors (Lipinski definition) is 0. The first kappa shape index (κ1) is 52.9. The van der Waals surface area contributed by atoms with Gasteiger partial charge in [-0.05, 0) is 0 Å². The summed E-state index contributed by atoms with van der Waals surface area (Å²) in [6, 6.07) is 0. The molecule has 0 aromatic heterocycles. The van der Waals surface area contributed by atoms with Gasteiger partial charge in [-0.1, -0.05) is 0 Å². The molecule has 0 aliphatic carbocycles. The van der Waals surface area contributed by atoms with E-state index in [1.807, 2.05) is 0 Å². The third-order valence-electron chi connectivity index (χ3n) is 0. The molecule has 0 spiro atoms. The maximum absolute atomic E-state index is 0. The number of rotatable bonds is 0. The Labute approximate surface area is 117 Å². The van der Waals surface area contributed by atoms with E-state index in [1.165, 1.54) is 0 Å². The van der Waals surface area contributed by atoms with Gasteiger partial charge in [0.15, 0.2) is 86.8 Å². The van der Waals surface area contributed by atoms with Crippen molar-refractivity contribution in [3.63, 3.8) is 0 Å².